The van der Waals surface area contributed by atoms with Gasteiger partial charge in [-0.1, -0.05) is 12.1 Å². The van der Waals surface area contributed by atoms with E-state index in [1.54, 1.807) is 7.11 Å². The zero-order valence-electron chi connectivity index (χ0n) is 13.9. The summed E-state index contributed by atoms with van der Waals surface area (Å²) < 4.78 is 10.9. The Kier molecular flexibility index (Phi) is 6.92. The molecule has 1 aromatic carbocycles. The summed E-state index contributed by atoms with van der Waals surface area (Å²) in [6, 6.07) is 5.65. The summed E-state index contributed by atoms with van der Waals surface area (Å²) in [5, 5.41) is 6.07. The number of carbonyl (C=O) groups is 1. The topological polar surface area (TPSA) is 59.6 Å². The van der Waals surface area contributed by atoms with Crippen LogP contribution in [-0.2, 0) is 11.3 Å². The van der Waals surface area contributed by atoms with Crippen LogP contribution >= 0.6 is 0 Å². The molecule has 0 aromatic heterocycles. The highest BCUT2D eigenvalue weighted by molar-refractivity contribution is 5.78. The Labute approximate surface area is 132 Å². The van der Waals surface area contributed by atoms with Crippen LogP contribution in [0.1, 0.15) is 26.3 Å². The van der Waals surface area contributed by atoms with Crippen molar-refractivity contribution in [2.75, 3.05) is 20.3 Å². The van der Waals surface area contributed by atoms with Gasteiger partial charge in [0.25, 0.3) is 5.91 Å². The van der Waals surface area contributed by atoms with E-state index in [1.165, 1.54) is 0 Å². The highest BCUT2D eigenvalue weighted by Gasteiger charge is 2.15. The quantitative estimate of drug-likeness (QED) is 0.571. The van der Waals surface area contributed by atoms with Crippen molar-refractivity contribution in [3.05, 3.63) is 36.4 Å². The van der Waals surface area contributed by atoms with Gasteiger partial charge in [0.1, 0.15) is 0 Å². The molecule has 122 valence electrons. The zero-order valence-corrected chi connectivity index (χ0v) is 13.9. The van der Waals surface area contributed by atoms with Crippen LogP contribution in [0.4, 0.5) is 0 Å². The molecule has 0 radical (unpaired) electrons. The molecule has 0 fully saturated rings. The van der Waals surface area contributed by atoms with E-state index in [4.69, 9.17) is 9.47 Å². The van der Waals surface area contributed by atoms with Crippen LogP contribution in [0.2, 0.25) is 0 Å². The number of amides is 1. The number of ether oxygens (including phenoxy) is 2. The molecule has 5 heteroatoms. The van der Waals surface area contributed by atoms with Crippen LogP contribution in [0.3, 0.4) is 0 Å². The van der Waals surface area contributed by atoms with Crippen molar-refractivity contribution >= 4 is 5.91 Å². The lowest BCUT2D eigenvalue weighted by molar-refractivity contribution is -0.124. The number of methoxy groups -OCH3 is 1. The van der Waals surface area contributed by atoms with Gasteiger partial charge < -0.3 is 20.1 Å². The highest BCUT2D eigenvalue weighted by atomic mass is 16.5. The third-order valence-corrected chi connectivity index (χ3v) is 2.72. The summed E-state index contributed by atoms with van der Waals surface area (Å²) in [5.41, 5.74) is 0.802. The second kappa shape index (κ2) is 8.44. The van der Waals surface area contributed by atoms with Gasteiger partial charge in [0.15, 0.2) is 18.1 Å². The standard InChI is InChI=1S/C17H26N2O3/c1-6-9-18-11-13-7-8-14(15(10-13)21-5)22-12-16(20)19-17(2,3)4/h6-8,10,18H,1,9,11-12H2,2-5H3,(H,19,20). The molecule has 0 aliphatic rings. The third kappa shape index (κ3) is 6.63. The van der Waals surface area contributed by atoms with Gasteiger partial charge in [0.2, 0.25) is 0 Å². The molecule has 0 atom stereocenters. The molecule has 0 aliphatic heterocycles. The Hall–Kier alpha value is -2.01. The van der Waals surface area contributed by atoms with E-state index in [-0.39, 0.29) is 18.1 Å². The van der Waals surface area contributed by atoms with E-state index < -0.39 is 0 Å². The first-order valence-corrected chi connectivity index (χ1v) is 7.28. The Balaban J connectivity index is 2.63. The second-order valence-corrected chi connectivity index (χ2v) is 5.99. The first kappa shape index (κ1) is 18.0. The molecule has 2 N–H and O–H groups in total. The minimum absolute atomic E-state index is 0.0400. The van der Waals surface area contributed by atoms with Gasteiger partial charge in [-0.15, -0.1) is 6.58 Å². The van der Waals surface area contributed by atoms with E-state index in [0.717, 1.165) is 12.1 Å². The average molecular weight is 306 g/mol. The summed E-state index contributed by atoms with van der Waals surface area (Å²) in [5.74, 6) is 1.01. The molecule has 5 nitrogen and oxygen atoms in total. The molecular formula is C17H26N2O3. The SMILES string of the molecule is C=CCNCc1ccc(OCC(=O)NC(C)(C)C)c(OC)c1. The number of benzene rings is 1. The van der Waals surface area contributed by atoms with Crippen molar-refractivity contribution in [2.24, 2.45) is 0 Å². The van der Waals surface area contributed by atoms with Gasteiger partial charge in [-0.2, -0.15) is 0 Å². The summed E-state index contributed by atoms with van der Waals surface area (Å²) in [6.45, 7) is 10.9. The van der Waals surface area contributed by atoms with E-state index >= 15 is 0 Å². The van der Waals surface area contributed by atoms with Crippen molar-refractivity contribution in [1.29, 1.82) is 0 Å². The van der Waals surface area contributed by atoms with Crippen LogP contribution in [0, 0.1) is 0 Å². The number of nitrogens with one attached hydrogen (secondary N) is 2. The van der Waals surface area contributed by atoms with Crippen molar-refractivity contribution in [3.8, 4) is 11.5 Å². The Morgan fingerprint density at radius 1 is 1.32 bits per heavy atom. The second-order valence-electron chi connectivity index (χ2n) is 5.99. The zero-order chi connectivity index (χ0) is 16.6. The monoisotopic (exact) mass is 306 g/mol. The molecule has 0 heterocycles. The van der Waals surface area contributed by atoms with Crippen molar-refractivity contribution in [1.82, 2.24) is 10.6 Å². The molecule has 0 bridgehead atoms. The molecule has 0 unspecified atom stereocenters. The van der Waals surface area contributed by atoms with Gasteiger partial charge in [0, 0.05) is 18.6 Å². The molecule has 1 aromatic rings. The van der Waals surface area contributed by atoms with E-state index in [0.29, 0.717) is 18.0 Å². The van der Waals surface area contributed by atoms with Gasteiger partial charge in [-0.3, -0.25) is 4.79 Å². The molecule has 22 heavy (non-hydrogen) atoms. The Morgan fingerprint density at radius 3 is 2.64 bits per heavy atom. The van der Waals surface area contributed by atoms with Crippen LogP contribution < -0.4 is 20.1 Å². The van der Waals surface area contributed by atoms with Crippen molar-refractivity contribution < 1.29 is 14.3 Å². The summed E-state index contributed by atoms with van der Waals surface area (Å²) in [6.07, 6.45) is 1.81. The minimum Gasteiger partial charge on any atom is -0.493 e. The number of carbonyl (C=O) groups excluding carboxylic acids is 1. The fraction of sp³-hybridized carbons (Fsp3) is 0.471. The van der Waals surface area contributed by atoms with E-state index in [2.05, 4.69) is 17.2 Å². The van der Waals surface area contributed by atoms with Gasteiger partial charge in [0.05, 0.1) is 7.11 Å². The van der Waals surface area contributed by atoms with E-state index in [1.807, 2.05) is 45.0 Å². The molecule has 1 rings (SSSR count). The average Bonchev–Trinajstić information content (AvgIpc) is 2.44. The summed E-state index contributed by atoms with van der Waals surface area (Å²) >= 11 is 0. The molecule has 0 saturated heterocycles. The largest absolute Gasteiger partial charge is 0.493 e. The normalized spacial score (nSPS) is 10.9. The summed E-state index contributed by atoms with van der Waals surface area (Å²) in [7, 11) is 1.58. The van der Waals surface area contributed by atoms with E-state index in [9.17, 15) is 4.79 Å². The van der Waals surface area contributed by atoms with Gasteiger partial charge >= 0.3 is 0 Å². The van der Waals surface area contributed by atoms with Crippen molar-refractivity contribution in [3.63, 3.8) is 0 Å². The smallest absolute Gasteiger partial charge is 0.258 e. The molecule has 0 saturated carbocycles. The van der Waals surface area contributed by atoms with Crippen LogP contribution in [0.5, 0.6) is 11.5 Å². The Morgan fingerprint density at radius 2 is 2.05 bits per heavy atom. The predicted molar refractivity (Wildman–Crippen MR) is 88.3 cm³/mol. The lowest BCUT2D eigenvalue weighted by Crippen LogP contribution is -2.43. The maximum absolute atomic E-state index is 11.8. The minimum atomic E-state index is -0.273. The number of hydrogen-bond donors (Lipinski definition) is 2. The lowest BCUT2D eigenvalue weighted by Gasteiger charge is -2.20. The molecule has 0 spiro atoms. The third-order valence-electron chi connectivity index (χ3n) is 2.72. The predicted octanol–water partition coefficient (Wildman–Crippen LogP) is 2.26. The van der Waals surface area contributed by atoms with Gasteiger partial charge in [-0.05, 0) is 38.5 Å². The van der Waals surface area contributed by atoms with Crippen molar-refractivity contribution in [2.45, 2.75) is 32.9 Å². The molecule has 1 amide bonds. The van der Waals surface area contributed by atoms with Crippen LogP contribution in [-0.4, -0.2) is 31.7 Å². The fourth-order valence-electron chi connectivity index (χ4n) is 1.86. The Bertz CT molecular complexity index is 507. The maximum atomic E-state index is 11.8. The first-order valence-electron chi connectivity index (χ1n) is 7.28. The maximum Gasteiger partial charge on any atom is 0.258 e. The fourth-order valence-corrected chi connectivity index (χ4v) is 1.86. The first-order chi connectivity index (χ1) is 10.4. The number of hydrogen-bond acceptors (Lipinski definition) is 4. The molecular weight excluding hydrogens is 280 g/mol. The number of rotatable bonds is 8. The summed E-state index contributed by atoms with van der Waals surface area (Å²) in [4.78, 5) is 11.8. The van der Waals surface area contributed by atoms with Crippen LogP contribution in [0.25, 0.3) is 0 Å². The van der Waals surface area contributed by atoms with Gasteiger partial charge in [-0.25, -0.2) is 0 Å². The lowest BCUT2D eigenvalue weighted by atomic mass is 10.1. The highest BCUT2D eigenvalue weighted by Crippen LogP contribution is 2.28. The molecule has 0 aliphatic carbocycles. The van der Waals surface area contributed by atoms with Crippen LogP contribution in [0.15, 0.2) is 30.9 Å².